The van der Waals surface area contributed by atoms with Crippen molar-refractivity contribution in [1.29, 1.82) is 0 Å². The van der Waals surface area contributed by atoms with E-state index in [4.69, 9.17) is 0 Å². The normalized spacial score (nSPS) is 9.75. The fourth-order valence-corrected chi connectivity index (χ4v) is 1.62. The van der Waals surface area contributed by atoms with Crippen molar-refractivity contribution in [3.63, 3.8) is 0 Å². The lowest BCUT2D eigenvalue weighted by atomic mass is 10.4. The molecule has 0 aliphatic heterocycles. The van der Waals surface area contributed by atoms with Crippen LogP contribution in [0.15, 0.2) is 17.5 Å². The monoisotopic (exact) mass is 184 g/mol. The molecule has 0 fully saturated rings. The third-order valence-corrected chi connectivity index (χ3v) is 2.43. The van der Waals surface area contributed by atoms with Gasteiger partial charge in [0.05, 0.1) is 6.54 Å². The van der Waals surface area contributed by atoms with Gasteiger partial charge in [-0.15, -0.1) is 11.3 Å². The highest BCUT2D eigenvalue weighted by molar-refractivity contribution is 7.09. The molecule has 12 heavy (non-hydrogen) atoms. The van der Waals surface area contributed by atoms with E-state index in [0.29, 0.717) is 13.1 Å². The van der Waals surface area contributed by atoms with Crippen molar-refractivity contribution in [2.45, 2.75) is 13.5 Å². The number of amides is 1. The van der Waals surface area contributed by atoms with Gasteiger partial charge in [0.1, 0.15) is 6.09 Å². The number of hydrogen-bond acceptors (Lipinski definition) is 3. The van der Waals surface area contributed by atoms with Crippen LogP contribution >= 0.6 is 11.3 Å². The molecule has 0 saturated heterocycles. The van der Waals surface area contributed by atoms with Gasteiger partial charge in [0.25, 0.3) is 0 Å². The molecule has 0 spiro atoms. The van der Waals surface area contributed by atoms with E-state index in [1.807, 2.05) is 17.5 Å². The lowest BCUT2D eigenvalue weighted by Crippen LogP contribution is -2.40. The molecule has 0 N–H and O–H groups in total. The van der Waals surface area contributed by atoms with Crippen LogP contribution < -0.4 is 5.11 Å². The van der Waals surface area contributed by atoms with Crippen LogP contribution in [0.3, 0.4) is 0 Å². The zero-order valence-corrected chi connectivity index (χ0v) is 7.63. The topological polar surface area (TPSA) is 43.4 Å². The fraction of sp³-hybridized carbons (Fsp3) is 0.375. The van der Waals surface area contributed by atoms with E-state index in [1.54, 1.807) is 18.3 Å². The molecule has 3 nitrogen and oxygen atoms in total. The second-order valence-corrected chi connectivity index (χ2v) is 3.39. The van der Waals surface area contributed by atoms with Crippen LogP contribution in [-0.2, 0) is 6.54 Å². The SMILES string of the molecule is CCN(Cc1cccs1)C(=O)[O-]. The molecule has 0 aliphatic rings. The fourth-order valence-electron chi connectivity index (χ4n) is 0.896. The van der Waals surface area contributed by atoms with E-state index < -0.39 is 6.09 Å². The molecule has 0 aromatic carbocycles. The van der Waals surface area contributed by atoms with Crippen molar-refractivity contribution in [3.05, 3.63) is 22.4 Å². The molecule has 1 rings (SSSR count). The van der Waals surface area contributed by atoms with Gasteiger partial charge in [-0.3, -0.25) is 0 Å². The average molecular weight is 184 g/mol. The quantitative estimate of drug-likeness (QED) is 0.701. The minimum absolute atomic E-state index is 0.441. The largest absolute Gasteiger partial charge is 0.530 e. The Morgan fingerprint density at radius 2 is 2.50 bits per heavy atom. The summed E-state index contributed by atoms with van der Waals surface area (Å²) < 4.78 is 0. The van der Waals surface area contributed by atoms with Gasteiger partial charge in [0.2, 0.25) is 0 Å². The Morgan fingerprint density at radius 3 is 2.92 bits per heavy atom. The molecule has 1 aromatic heterocycles. The summed E-state index contributed by atoms with van der Waals surface area (Å²) in [6.45, 7) is 2.71. The standard InChI is InChI=1S/C8H11NO2S/c1-2-9(8(10)11)6-7-4-3-5-12-7/h3-5H,2,6H2,1H3,(H,10,11)/p-1. The maximum absolute atomic E-state index is 10.5. The van der Waals surface area contributed by atoms with E-state index >= 15 is 0 Å². The summed E-state index contributed by atoms with van der Waals surface area (Å²) in [4.78, 5) is 12.8. The summed E-state index contributed by atoms with van der Waals surface area (Å²) in [6.07, 6.45) is -1.11. The smallest absolute Gasteiger partial charge is 0.137 e. The Kier molecular flexibility index (Phi) is 3.10. The Balaban J connectivity index is 2.54. The number of carbonyl (C=O) groups excluding carboxylic acids is 1. The summed E-state index contributed by atoms with van der Waals surface area (Å²) in [5, 5.41) is 12.4. The first-order chi connectivity index (χ1) is 5.74. The van der Waals surface area contributed by atoms with Crippen molar-refractivity contribution in [2.24, 2.45) is 0 Å². The predicted octanol–water partition coefficient (Wildman–Crippen LogP) is 0.913. The Morgan fingerprint density at radius 1 is 1.75 bits per heavy atom. The predicted molar refractivity (Wildman–Crippen MR) is 45.8 cm³/mol. The molecule has 1 heterocycles. The van der Waals surface area contributed by atoms with Crippen LogP contribution in [0.5, 0.6) is 0 Å². The highest BCUT2D eigenvalue weighted by Gasteiger charge is 2.02. The van der Waals surface area contributed by atoms with Crippen molar-refractivity contribution in [1.82, 2.24) is 4.90 Å². The van der Waals surface area contributed by atoms with Crippen molar-refractivity contribution >= 4 is 17.4 Å². The molecule has 0 bridgehead atoms. The second-order valence-electron chi connectivity index (χ2n) is 2.36. The van der Waals surface area contributed by atoms with Crippen LogP contribution in [0.1, 0.15) is 11.8 Å². The van der Waals surface area contributed by atoms with E-state index in [1.165, 1.54) is 4.90 Å². The van der Waals surface area contributed by atoms with Crippen molar-refractivity contribution in [3.8, 4) is 0 Å². The number of carboxylic acid groups (broad SMARTS) is 1. The minimum Gasteiger partial charge on any atom is -0.530 e. The number of carbonyl (C=O) groups is 1. The highest BCUT2D eigenvalue weighted by atomic mass is 32.1. The highest BCUT2D eigenvalue weighted by Crippen LogP contribution is 2.10. The van der Waals surface area contributed by atoms with Gasteiger partial charge in [-0.25, -0.2) is 0 Å². The minimum atomic E-state index is -1.11. The first-order valence-corrected chi connectivity index (χ1v) is 4.60. The molecule has 0 radical (unpaired) electrons. The first-order valence-electron chi connectivity index (χ1n) is 3.72. The summed E-state index contributed by atoms with van der Waals surface area (Å²) in [5.74, 6) is 0. The lowest BCUT2D eigenvalue weighted by Gasteiger charge is -2.22. The van der Waals surface area contributed by atoms with Gasteiger partial charge < -0.3 is 14.8 Å². The third kappa shape index (κ3) is 2.23. The van der Waals surface area contributed by atoms with Crippen LogP contribution in [0, 0.1) is 0 Å². The Labute approximate surface area is 75.2 Å². The average Bonchev–Trinajstić information content (AvgIpc) is 2.51. The molecule has 1 amide bonds. The molecule has 1 aromatic rings. The molecular weight excluding hydrogens is 174 g/mol. The van der Waals surface area contributed by atoms with Gasteiger partial charge in [-0.05, 0) is 18.4 Å². The van der Waals surface area contributed by atoms with E-state index in [-0.39, 0.29) is 0 Å². The lowest BCUT2D eigenvalue weighted by molar-refractivity contribution is -0.266. The maximum Gasteiger partial charge on any atom is 0.137 e. The van der Waals surface area contributed by atoms with Gasteiger partial charge in [-0.1, -0.05) is 6.07 Å². The molecule has 0 saturated carbocycles. The van der Waals surface area contributed by atoms with Crippen molar-refractivity contribution < 1.29 is 9.90 Å². The summed E-state index contributed by atoms with van der Waals surface area (Å²) >= 11 is 1.55. The summed E-state index contributed by atoms with van der Waals surface area (Å²) in [6, 6.07) is 3.82. The molecule has 0 atom stereocenters. The number of rotatable bonds is 3. The first kappa shape index (κ1) is 9.06. The zero-order valence-electron chi connectivity index (χ0n) is 6.82. The van der Waals surface area contributed by atoms with Crippen LogP contribution in [0.4, 0.5) is 4.79 Å². The van der Waals surface area contributed by atoms with E-state index in [0.717, 1.165) is 4.88 Å². The van der Waals surface area contributed by atoms with Gasteiger partial charge in [0, 0.05) is 11.4 Å². The number of hydrogen-bond donors (Lipinski definition) is 0. The Hall–Kier alpha value is -1.03. The van der Waals surface area contributed by atoms with Crippen molar-refractivity contribution in [2.75, 3.05) is 6.54 Å². The molecule has 0 unspecified atom stereocenters. The van der Waals surface area contributed by atoms with Crippen LogP contribution in [0.25, 0.3) is 0 Å². The van der Waals surface area contributed by atoms with Crippen LogP contribution in [0.2, 0.25) is 0 Å². The van der Waals surface area contributed by atoms with Gasteiger partial charge in [-0.2, -0.15) is 0 Å². The zero-order chi connectivity index (χ0) is 8.97. The molecular formula is C8H10NO2S-. The number of thiophene rings is 1. The number of nitrogens with zero attached hydrogens (tertiary/aromatic N) is 1. The summed E-state index contributed by atoms with van der Waals surface area (Å²) in [5.41, 5.74) is 0. The van der Waals surface area contributed by atoms with E-state index in [9.17, 15) is 9.90 Å². The van der Waals surface area contributed by atoms with Gasteiger partial charge >= 0.3 is 0 Å². The molecule has 4 heteroatoms. The third-order valence-electron chi connectivity index (χ3n) is 1.57. The molecule has 0 aliphatic carbocycles. The molecule has 66 valence electrons. The second kappa shape index (κ2) is 4.11. The summed E-state index contributed by atoms with van der Waals surface area (Å²) in [7, 11) is 0. The maximum atomic E-state index is 10.5. The Bertz CT molecular complexity index is 246. The van der Waals surface area contributed by atoms with Crippen LogP contribution in [-0.4, -0.2) is 17.5 Å². The van der Waals surface area contributed by atoms with Gasteiger partial charge in [0.15, 0.2) is 0 Å². The van der Waals surface area contributed by atoms with E-state index in [2.05, 4.69) is 0 Å².